The van der Waals surface area contributed by atoms with Crippen molar-refractivity contribution < 1.29 is 32.5 Å². The molecule has 4 rings (SSSR count). The summed E-state index contributed by atoms with van der Waals surface area (Å²) < 4.78 is 50.2. The Morgan fingerprint density at radius 2 is 1.68 bits per heavy atom. The van der Waals surface area contributed by atoms with Crippen LogP contribution in [0.1, 0.15) is 32.4 Å². The molecule has 2 aromatic carbocycles. The highest BCUT2D eigenvalue weighted by atomic mass is 19.1. The minimum absolute atomic E-state index is 0.0842. The van der Waals surface area contributed by atoms with E-state index in [1.807, 2.05) is 0 Å². The van der Waals surface area contributed by atoms with E-state index in [9.17, 15) is 23.2 Å². The number of halogens is 2. The van der Waals surface area contributed by atoms with Crippen molar-refractivity contribution in [3.63, 3.8) is 0 Å². The van der Waals surface area contributed by atoms with Gasteiger partial charge in [-0.3, -0.25) is 13.9 Å². The van der Waals surface area contributed by atoms with Gasteiger partial charge in [-0.25, -0.2) is 18.4 Å². The summed E-state index contributed by atoms with van der Waals surface area (Å²) >= 11 is 0. The zero-order valence-electron chi connectivity index (χ0n) is 23.1. The zero-order valence-corrected chi connectivity index (χ0v) is 23.1. The van der Waals surface area contributed by atoms with Gasteiger partial charge in [-0.15, -0.1) is 0 Å². The van der Waals surface area contributed by atoms with Crippen molar-refractivity contribution in [3.8, 4) is 17.2 Å². The molecule has 1 aliphatic heterocycles. The molecule has 0 saturated carbocycles. The fourth-order valence-electron chi connectivity index (χ4n) is 4.48. The molecule has 3 aromatic rings. The Bertz CT molecular complexity index is 1500. The lowest BCUT2D eigenvalue weighted by molar-refractivity contribution is 0.000897. The molecule has 1 fully saturated rings. The number of hydrogen-bond donors (Lipinski definition) is 0. The Labute approximate surface area is 229 Å². The number of nitrogens with zero attached hydrogens (tertiary/aromatic N) is 3. The maximum atomic E-state index is 13.8. The highest BCUT2D eigenvalue weighted by molar-refractivity contribution is 5.80. The molecule has 0 atom stereocenters. The summed E-state index contributed by atoms with van der Waals surface area (Å²) in [5, 5.41) is 0.129. The van der Waals surface area contributed by atoms with E-state index in [1.165, 1.54) is 41.9 Å². The minimum Gasteiger partial charge on any atom is -0.493 e. The predicted molar refractivity (Wildman–Crippen MR) is 144 cm³/mol. The van der Waals surface area contributed by atoms with Crippen LogP contribution in [0.3, 0.4) is 0 Å². The molecule has 2 heterocycles. The lowest BCUT2D eigenvalue weighted by atomic mass is 10.1. The molecule has 1 aromatic heterocycles. The molecule has 0 aliphatic carbocycles. The summed E-state index contributed by atoms with van der Waals surface area (Å²) in [6.07, 6.45) is -1.81. The molecule has 0 N–H and O–H groups in total. The van der Waals surface area contributed by atoms with Crippen LogP contribution in [-0.4, -0.2) is 72.5 Å². The van der Waals surface area contributed by atoms with Gasteiger partial charge in [0.15, 0.2) is 17.6 Å². The van der Waals surface area contributed by atoms with Crippen molar-refractivity contribution >= 4 is 17.0 Å². The fraction of sp³-hybridized carbons (Fsp3) is 0.464. The Kier molecular flexibility index (Phi) is 8.36. The number of alkyl halides is 2. The molecular formula is C28H33F2N3O7. The number of amides is 1. The number of fused-ring (bicyclic) bond motifs is 1. The minimum atomic E-state index is -1.31. The number of carbonyl (C=O) groups excluding carboxylic acids is 1. The molecule has 1 aliphatic rings. The largest absolute Gasteiger partial charge is 0.493 e. The first-order chi connectivity index (χ1) is 19.0. The van der Waals surface area contributed by atoms with E-state index >= 15 is 0 Å². The third-order valence-corrected chi connectivity index (χ3v) is 6.45. The van der Waals surface area contributed by atoms with Gasteiger partial charge in [-0.05, 0) is 56.7 Å². The van der Waals surface area contributed by atoms with E-state index < -0.39 is 48.4 Å². The highest BCUT2D eigenvalue weighted by Crippen LogP contribution is 2.29. The first-order valence-corrected chi connectivity index (χ1v) is 12.8. The second-order valence-electron chi connectivity index (χ2n) is 10.5. The van der Waals surface area contributed by atoms with E-state index in [2.05, 4.69) is 0 Å². The number of methoxy groups -OCH3 is 2. The molecule has 10 nitrogen and oxygen atoms in total. The smallest absolute Gasteiger partial charge is 0.410 e. The quantitative estimate of drug-likeness (QED) is 0.393. The molecule has 1 amide bonds. The molecule has 40 heavy (non-hydrogen) atoms. The van der Waals surface area contributed by atoms with Crippen molar-refractivity contribution in [2.45, 2.75) is 45.1 Å². The lowest BCUT2D eigenvalue weighted by Gasteiger charge is -2.41. The summed E-state index contributed by atoms with van der Waals surface area (Å²) in [6.45, 7) is 3.52. The summed E-state index contributed by atoms with van der Waals surface area (Å²) in [4.78, 5) is 41.4. The third-order valence-electron chi connectivity index (χ3n) is 6.45. The van der Waals surface area contributed by atoms with E-state index in [0.717, 1.165) is 4.57 Å². The topological polar surface area (TPSA) is 101 Å². The number of hydrogen-bond acceptors (Lipinski definition) is 7. The van der Waals surface area contributed by atoms with E-state index in [4.69, 9.17) is 18.9 Å². The van der Waals surface area contributed by atoms with Gasteiger partial charge in [-0.2, -0.15) is 0 Å². The van der Waals surface area contributed by atoms with Crippen LogP contribution >= 0.6 is 0 Å². The summed E-state index contributed by atoms with van der Waals surface area (Å²) in [6, 6.07) is 8.96. The Hall–Kier alpha value is -4.09. The number of carbonyl (C=O) groups is 1. The van der Waals surface area contributed by atoms with Crippen LogP contribution in [0.2, 0.25) is 0 Å². The van der Waals surface area contributed by atoms with Gasteiger partial charge >= 0.3 is 11.8 Å². The average molecular weight is 562 g/mol. The van der Waals surface area contributed by atoms with Crippen LogP contribution in [-0.2, 0) is 11.3 Å². The fourth-order valence-corrected chi connectivity index (χ4v) is 4.48. The van der Waals surface area contributed by atoms with Gasteiger partial charge in [0.1, 0.15) is 24.7 Å². The van der Waals surface area contributed by atoms with Gasteiger partial charge in [0.25, 0.3) is 5.56 Å². The maximum Gasteiger partial charge on any atom is 0.410 e. The van der Waals surface area contributed by atoms with Gasteiger partial charge in [0, 0.05) is 13.1 Å². The standard InChI is InChI=1S/C28H33F2N3O7/c1-28(2,3)40-27(36)31-15-18(16-31)33-22-8-7-19(39-20(12-29)13-30)11-21(22)25(34)32(26(33)35)14-17-6-9-23(37-4)24(10-17)38-5/h6-11,18,20H,12-16H2,1-5H3. The summed E-state index contributed by atoms with van der Waals surface area (Å²) in [5.74, 6) is 1.01. The molecular weight excluding hydrogens is 528 g/mol. The Morgan fingerprint density at radius 3 is 2.27 bits per heavy atom. The first kappa shape index (κ1) is 28.9. The molecule has 1 saturated heterocycles. The molecule has 216 valence electrons. The van der Waals surface area contributed by atoms with Crippen molar-refractivity contribution in [3.05, 3.63) is 62.8 Å². The number of ether oxygens (including phenoxy) is 4. The monoisotopic (exact) mass is 561 g/mol. The predicted octanol–water partition coefficient (Wildman–Crippen LogP) is 3.71. The molecule has 0 spiro atoms. The maximum absolute atomic E-state index is 13.8. The Morgan fingerprint density at radius 1 is 1.00 bits per heavy atom. The van der Waals surface area contributed by atoms with Crippen LogP contribution < -0.4 is 25.5 Å². The number of rotatable bonds is 9. The van der Waals surface area contributed by atoms with Gasteiger partial charge in [0.05, 0.1) is 37.7 Å². The second kappa shape index (κ2) is 11.6. The van der Waals surface area contributed by atoms with Crippen LogP contribution in [0.4, 0.5) is 13.6 Å². The third kappa shape index (κ3) is 5.90. The number of aromatic nitrogens is 2. The van der Waals surface area contributed by atoms with Crippen molar-refractivity contribution in [2.24, 2.45) is 0 Å². The van der Waals surface area contributed by atoms with Crippen LogP contribution in [0.5, 0.6) is 17.2 Å². The second-order valence-corrected chi connectivity index (χ2v) is 10.5. The first-order valence-electron chi connectivity index (χ1n) is 12.8. The van der Waals surface area contributed by atoms with Crippen molar-refractivity contribution in [1.29, 1.82) is 0 Å². The van der Waals surface area contributed by atoms with E-state index in [0.29, 0.717) is 22.6 Å². The number of likely N-dealkylation sites (tertiary alicyclic amines) is 1. The zero-order chi connectivity index (χ0) is 29.2. The number of benzene rings is 2. The highest BCUT2D eigenvalue weighted by Gasteiger charge is 2.36. The summed E-state index contributed by atoms with van der Waals surface area (Å²) in [7, 11) is 2.98. The normalized spacial score (nSPS) is 13.8. The SMILES string of the molecule is COc1ccc(Cn2c(=O)c3cc(OC(CF)CF)ccc3n(C3CN(C(=O)OC(C)(C)C)C3)c2=O)cc1OC. The van der Waals surface area contributed by atoms with Crippen molar-refractivity contribution in [1.82, 2.24) is 14.0 Å². The van der Waals surface area contributed by atoms with Gasteiger partial charge in [0.2, 0.25) is 0 Å². The van der Waals surface area contributed by atoms with Crippen molar-refractivity contribution in [2.75, 3.05) is 40.7 Å². The lowest BCUT2D eigenvalue weighted by Crippen LogP contribution is -2.55. The van der Waals surface area contributed by atoms with E-state index in [-0.39, 0.29) is 30.8 Å². The average Bonchev–Trinajstić information content (AvgIpc) is 2.89. The molecule has 0 radical (unpaired) electrons. The van der Waals surface area contributed by atoms with Crippen LogP contribution in [0.15, 0.2) is 46.0 Å². The molecule has 0 unspecified atom stereocenters. The van der Waals surface area contributed by atoms with E-state index in [1.54, 1.807) is 39.0 Å². The van der Waals surface area contributed by atoms with Gasteiger partial charge in [-0.1, -0.05) is 6.07 Å². The molecule has 0 bridgehead atoms. The Balaban J connectivity index is 1.78. The molecule has 12 heteroatoms. The van der Waals surface area contributed by atoms with Crippen LogP contribution in [0, 0.1) is 0 Å². The summed E-state index contributed by atoms with van der Waals surface area (Å²) in [5.41, 5.74) is -0.922. The van der Waals surface area contributed by atoms with Crippen LogP contribution in [0.25, 0.3) is 10.9 Å². The van der Waals surface area contributed by atoms with Gasteiger partial charge < -0.3 is 23.8 Å².